The van der Waals surface area contributed by atoms with Crippen LogP contribution < -0.4 is 10.2 Å². The molecular formula is C25H30N6O4S2. The molecule has 1 unspecified atom stereocenters. The quantitative estimate of drug-likeness (QED) is 0.455. The molecule has 4 atom stereocenters. The molecule has 1 aromatic carbocycles. The summed E-state index contributed by atoms with van der Waals surface area (Å²) < 4.78 is 0. The van der Waals surface area contributed by atoms with Gasteiger partial charge in [-0.3, -0.25) is 14.9 Å². The summed E-state index contributed by atoms with van der Waals surface area (Å²) in [6.45, 7) is 8.39. The second-order valence-electron chi connectivity index (χ2n) is 9.83. The number of urea groups is 1. The maximum Gasteiger partial charge on any atom is 0.322 e. The fourth-order valence-corrected chi connectivity index (χ4v) is 8.54. The van der Waals surface area contributed by atoms with Crippen LogP contribution in [0.25, 0.3) is 0 Å². The van der Waals surface area contributed by atoms with Crippen LogP contribution in [-0.4, -0.2) is 85.5 Å². The van der Waals surface area contributed by atoms with Gasteiger partial charge in [-0.2, -0.15) is 0 Å². The molecule has 0 spiro atoms. The number of thioether (sulfide) groups is 2. The Morgan fingerprint density at radius 2 is 1.78 bits per heavy atom. The van der Waals surface area contributed by atoms with Gasteiger partial charge in [0.05, 0.1) is 16.8 Å². The van der Waals surface area contributed by atoms with Gasteiger partial charge in [0, 0.05) is 71.2 Å². The lowest BCUT2D eigenvalue weighted by Crippen LogP contribution is -2.59. The molecule has 3 saturated heterocycles. The number of amides is 3. The molecule has 0 radical (unpaired) electrons. The van der Waals surface area contributed by atoms with Crippen molar-refractivity contribution in [2.24, 2.45) is 0 Å². The summed E-state index contributed by atoms with van der Waals surface area (Å²) in [6.07, 6.45) is 1.54. The van der Waals surface area contributed by atoms with Crippen molar-refractivity contribution >= 4 is 52.5 Å². The number of carbonyl (C=O) groups excluding carboxylic acids is 2. The molecule has 5 rings (SSSR count). The van der Waals surface area contributed by atoms with E-state index in [1.165, 1.54) is 12.3 Å². The molecule has 4 heterocycles. The normalized spacial score (nSPS) is 25.2. The minimum absolute atomic E-state index is 0.0252. The molecular weight excluding hydrogens is 512 g/mol. The van der Waals surface area contributed by atoms with E-state index in [1.807, 2.05) is 48.3 Å². The lowest BCUT2D eigenvalue weighted by atomic mass is 10.1. The van der Waals surface area contributed by atoms with Gasteiger partial charge in [-0.05, 0) is 45.0 Å². The number of aromatic nitrogens is 1. The molecule has 37 heavy (non-hydrogen) atoms. The van der Waals surface area contributed by atoms with Gasteiger partial charge in [0.25, 0.3) is 11.6 Å². The first-order chi connectivity index (χ1) is 17.7. The summed E-state index contributed by atoms with van der Waals surface area (Å²) in [4.78, 5) is 46.9. The third kappa shape index (κ3) is 5.22. The van der Waals surface area contributed by atoms with Gasteiger partial charge < -0.3 is 20.0 Å². The van der Waals surface area contributed by atoms with Crippen LogP contribution in [0, 0.1) is 17.0 Å². The minimum atomic E-state index is -0.375. The van der Waals surface area contributed by atoms with Crippen molar-refractivity contribution in [3.8, 4) is 0 Å². The van der Waals surface area contributed by atoms with E-state index in [-0.39, 0.29) is 34.6 Å². The van der Waals surface area contributed by atoms with E-state index in [0.717, 1.165) is 23.9 Å². The van der Waals surface area contributed by atoms with Gasteiger partial charge in [0.2, 0.25) is 0 Å². The number of pyridine rings is 1. The highest BCUT2D eigenvalue weighted by Gasteiger charge is 2.40. The highest BCUT2D eigenvalue weighted by molar-refractivity contribution is 8.19. The maximum atomic E-state index is 13.1. The van der Waals surface area contributed by atoms with Gasteiger partial charge >= 0.3 is 6.03 Å². The van der Waals surface area contributed by atoms with Gasteiger partial charge in [-0.25, -0.2) is 9.78 Å². The summed E-state index contributed by atoms with van der Waals surface area (Å²) in [5.74, 6) is -0.0615. The molecule has 1 aromatic heterocycles. The van der Waals surface area contributed by atoms with Crippen LogP contribution in [0.1, 0.15) is 29.9 Å². The van der Waals surface area contributed by atoms with Crippen LogP contribution in [0.15, 0.2) is 36.5 Å². The number of rotatable bonds is 4. The number of nitro groups is 1. The summed E-state index contributed by atoms with van der Waals surface area (Å²) >= 11 is 3.84. The Labute approximate surface area is 224 Å². The predicted octanol–water partition coefficient (Wildman–Crippen LogP) is 4.06. The van der Waals surface area contributed by atoms with Crippen LogP contribution in [0.5, 0.6) is 0 Å². The molecule has 2 aromatic rings. The van der Waals surface area contributed by atoms with Crippen LogP contribution in [0.2, 0.25) is 0 Å². The zero-order valence-electron chi connectivity index (χ0n) is 21.0. The lowest BCUT2D eigenvalue weighted by molar-refractivity contribution is -0.385. The van der Waals surface area contributed by atoms with E-state index >= 15 is 0 Å². The molecule has 3 aliphatic heterocycles. The average Bonchev–Trinajstić information content (AvgIpc) is 3.47. The average molecular weight is 543 g/mol. The lowest BCUT2D eigenvalue weighted by Gasteiger charge is -2.45. The van der Waals surface area contributed by atoms with Crippen molar-refractivity contribution in [3.05, 3.63) is 57.9 Å². The Bertz CT molecular complexity index is 1200. The van der Waals surface area contributed by atoms with E-state index < -0.39 is 0 Å². The number of fused-ring (bicyclic) bond motifs is 1. The number of anilines is 2. The molecule has 3 aliphatic rings. The Balaban J connectivity index is 1.19. The van der Waals surface area contributed by atoms with Gasteiger partial charge in [-0.1, -0.05) is 0 Å². The highest BCUT2D eigenvalue weighted by Crippen LogP contribution is 2.41. The Morgan fingerprint density at radius 3 is 2.41 bits per heavy atom. The summed E-state index contributed by atoms with van der Waals surface area (Å²) in [5.41, 5.74) is 2.55. The summed E-state index contributed by atoms with van der Waals surface area (Å²) in [6, 6.07) is 8.26. The summed E-state index contributed by atoms with van der Waals surface area (Å²) in [7, 11) is 0. The first-order valence-corrected chi connectivity index (χ1v) is 14.4. The van der Waals surface area contributed by atoms with Crippen molar-refractivity contribution in [1.82, 2.24) is 14.8 Å². The van der Waals surface area contributed by atoms with Gasteiger partial charge in [0.15, 0.2) is 0 Å². The van der Waals surface area contributed by atoms with Crippen LogP contribution in [0.3, 0.4) is 0 Å². The third-order valence-electron chi connectivity index (χ3n) is 7.26. The van der Waals surface area contributed by atoms with E-state index in [9.17, 15) is 19.7 Å². The predicted molar refractivity (Wildman–Crippen MR) is 148 cm³/mol. The number of likely N-dealkylation sites (tertiary alicyclic amines) is 1. The van der Waals surface area contributed by atoms with Gasteiger partial charge in [0.1, 0.15) is 5.69 Å². The van der Waals surface area contributed by atoms with Crippen molar-refractivity contribution in [3.63, 3.8) is 0 Å². The van der Waals surface area contributed by atoms with E-state index in [0.29, 0.717) is 40.5 Å². The monoisotopic (exact) mass is 542 g/mol. The molecule has 0 saturated carbocycles. The number of benzene rings is 1. The number of aryl methyl sites for hydroxylation is 1. The molecule has 12 heteroatoms. The number of nitro benzene ring substituents is 1. The standard InChI is InChI=1S/C25H30N6O4S2/c1-15-8-19(5-7-21(15)31(34)35)29-10-17(3)30(11-16(29)2)25(33)27-18-4-6-20(26-9-18)24(32)28-12-22-23(13-28)37-14-36-22/h4-9,16-17,22-23H,10-14H2,1-3H3,(H,27,33)/t16-,17+,22-,23?/m0/s1. The van der Waals surface area contributed by atoms with Crippen LogP contribution in [-0.2, 0) is 0 Å². The zero-order valence-corrected chi connectivity index (χ0v) is 22.6. The number of piperazine rings is 1. The topological polar surface area (TPSA) is 112 Å². The largest absolute Gasteiger partial charge is 0.365 e. The van der Waals surface area contributed by atoms with Gasteiger partial charge in [-0.15, -0.1) is 23.5 Å². The molecule has 0 bridgehead atoms. The van der Waals surface area contributed by atoms with Crippen LogP contribution in [0.4, 0.5) is 21.9 Å². The number of nitrogens with one attached hydrogen (secondary N) is 1. The van der Waals surface area contributed by atoms with Crippen LogP contribution >= 0.6 is 23.5 Å². The van der Waals surface area contributed by atoms with E-state index in [4.69, 9.17) is 0 Å². The Hall–Kier alpha value is -2.99. The number of hydrogen-bond donors (Lipinski definition) is 1. The first-order valence-electron chi connectivity index (χ1n) is 12.3. The molecule has 0 aliphatic carbocycles. The van der Waals surface area contributed by atoms with Crippen molar-refractivity contribution < 1.29 is 14.5 Å². The number of hydrogen-bond acceptors (Lipinski definition) is 8. The fourth-order valence-electron chi connectivity index (χ4n) is 5.19. The Kier molecular flexibility index (Phi) is 7.21. The molecule has 3 amide bonds. The van der Waals surface area contributed by atoms with Crippen molar-refractivity contribution in [2.45, 2.75) is 43.4 Å². The minimum Gasteiger partial charge on any atom is -0.365 e. The number of carbonyl (C=O) groups is 2. The third-order valence-corrected chi connectivity index (χ3v) is 10.3. The molecule has 3 fully saturated rings. The second kappa shape index (κ2) is 10.4. The molecule has 196 valence electrons. The second-order valence-corrected chi connectivity index (χ2v) is 12.7. The number of nitrogens with zero attached hydrogens (tertiary/aromatic N) is 5. The maximum absolute atomic E-state index is 13.1. The fraction of sp³-hybridized carbons (Fsp3) is 0.480. The first kappa shape index (κ1) is 25.7. The molecule has 10 nitrogen and oxygen atoms in total. The Morgan fingerprint density at radius 1 is 1.05 bits per heavy atom. The summed E-state index contributed by atoms with van der Waals surface area (Å²) in [5, 5.41) is 16.2. The molecule has 1 N–H and O–H groups in total. The van der Waals surface area contributed by atoms with E-state index in [2.05, 4.69) is 15.2 Å². The van der Waals surface area contributed by atoms with E-state index in [1.54, 1.807) is 30.0 Å². The smallest absolute Gasteiger partial charge is 0.322 e. The van der Waals surface area contributed by atoms with Crippen molar-refractivity contribution in [2.75, 3.05) is 41.5 Å². The SMILES string of the molecule is Cc1cc(N2C[C@@H](C)N(C(=O)Nc3ccc(C(=O)N4CC5SCS[C@H]5C4)nc3)C[C@@H]2C)ccc1[N+](=O)[O-]. The van der Waals surface area contributed by atoms with Crippen molar-refractivity contribution in [1.29, 1.82) is 0 Å². The zero-order chi connectivity index (χ0) is 26.3. The highest BCUT2D eigenvalue weighted by atomic mass is 32.2.